The van der Waals surface area contributed by atoms with Crippen LogP contribution in [-0.4, -0.2) is 0 Å². The van der Waals surface area contributed by atoms with Gasteiger partial charge in [-0.3, -0.25) is 0 Å². The summed E-state index contributed by atoms with van der Waals surface area (Å²) in [5.74, 6) is 3.53. The molecule has 0 aliphatic carbocycles. The highest BCUT2D eigenvalue weighted by atomic mass is 79.9. The van der Waals surface area contributed by atoms with E-state index in [1.165, 1.54) is 0 Å². The van der Waals surface area contributed by atoms with Crippen molar-refractivity contribution in [3.63, 3.8) is 0 Å². The van der Waals surface area contributed by atoms with Crippen molar-refractivity contribution in [2.24, 2.45) is 0 Å². The summed E-state index contributed by atoms with van der Waals surface area (Å²) in [4.78, 5) is 2.56. The highest BCUT2D eigenvalue weighted by Gasteiger charge is 1.82. The summed E-state index contributed by atoms with van der Waals surface area (Å²) < 4.78 is 5.01. The van der Waals surface area contributed by atoms with Crippen LogP contribution in [0.5, 0.6) is 0 Å². The molecule has 1 aromatic heterocycles. The van der Waals surface area contributed by atoms with Crippen molar-refractivity contribution in [3.8, 4) is 10.8 Å². The van der Waals surface area contributed by atoms with E-state index in [-0.39, 0.29) is 0 Å². The van der Waals surface area contributed by atoms with Crippen LogP contribution in [0.3, 0.4) is 0 Å². The summed E-state index contributed by atoms with van der Waals surface area (Å²) in [6.45, 7) is 0. The van der Waals surface area contributed by atoms with Gasteiger partial charge in [-0.15, -0.1) is 0 Å². The van der Waals surface area contributed by atoms with Gasteiger partial charge in [-0.2, -0.15) is 0 Å². The summed E-state index contributed by atoms with van der Waals surface area (Å²) in [5, 5.41) is 0. The molecule has 0 aliphatic heterocycles. The Hall–Kier alpha value is -0.940. The second-order valence-electron chi connectivity index (χ2n) is 1.59. The molecule has 1 rings (SSSR count). The number of furan rings is 1. The van der Waals surface area contributed by atoms with Crippen molar-refractivity contribution in [3.05, 3.63) is 30.2 Å². The van der Waals surface area contributed by atoms with Crippen molar-refractivity contribution in [1.29, 1.82) is 0 Å². The Kier molecular flexibility index (Phi) is 2.85. The molecular weight excluding hydrogens is 192 g/mol. The zero-order valence-electron chi connectivity index (χ0n) is 5.17. The average molecular weight is 197 g/mol. The van der Waals surface area contributed by atoms with Gasteiger partial charge in [-0.25, -0.2) is 0 Å². The zero-order chi connectivity index (χ0) is 7.23. The predicted molar refractivity (Wildman–Crippen MR) is 44.4 cm³/mol. The monoisotopic (exact) mass is 196 g/mol. The summed E-state index contributed by atoms with van der Waals surface area (Å²) in [6.07, 6.45) is 5.14. The van der Waals surface area contributed by atoms with Crippen LogP contribution in [0.2, 0.25) is 0 Å². The van der Waals surface area contributed by atoms with Gasteiger partial charge in [0.25, 0.3) is 0 Å². The molecule has 1 nitrogen and oxygen atoms in total. The van der Waals surface area contributed by atoms with Crippen LogP contribution in [0.25, 0.3) is 6.08 Å². The van der Waals surface area contributed by atoms with Crippen molar-refractivity contribution in [2.75, 3.05) is 0 Å². The zero-order valence-corrected chi connectivity index (χ0v) is 6.76. The molecule has 0 radical (unpaired) electrons. The highest BCUT2D eigenvalue weighted by molar-refractivity contribution is 9.12. The minimum absolute atomic E-state index is 0.815. The molecule has 0 unspecified atom stereocenters. The average Bonchev–Trinajstić information content (AvgIpc) is 2.41. The molecule has 0 aromatic carbocycles. The third-order valence-corrected chi connectivity index (χ3v) is 1.16. The van der Waals surface area contributed by atoms with Gasteiger partial charge in [0, 0.05) is 15.9 Å². The largest absolute Gasteiger partial charge is 0.465 e. The van der Waals surface area contributed by atoms with Crippen LogP contribution in [0.15, 0.2) is 28.9 Å². The molecule has 0 N–H and O–H groups in total. The van der Waals surface area contributed by atoms with E-state index in [2.05, 4.69) is 26.7 Å². The molecule has 50 valence electrons. The molecule has 1 heterocycles. The third kappa shape index (κ3) is 2.12. The van der Waals surface area contributed by atoms with Crippen LogP contribution >= 0.6 is 15.9 Å². The molecule has 0 atom stereocenters. The fraction of sp³-hybridized carbons (Fsp3) is 0. The lowest BCUT2D eigenvalue weighted by Gasteiger charge is -1.76. The third-order valence-electron chi connectivity index (χ3n) is 0.929. The molecule has 2 heteroatoms. The van der Waals surface area contributed by atoms with Gasteiger partial charge in [0.2, 0.25) is 0 Å². The molecule has 10 heavy (non-hydrogen) atoms. The van der Waals surface area contributed by atoms with Crippen LogP contribution in [0.4, 0.5) is 0 Å². The minimum Gasteiger partial charge on any atom is -0.465 e. The van der Waals surface area contributed by atoms with Crippen molar-refractivity contribution in [2.45, 2.75) is 0 Å². The second kappa shape index (κ2) is 3.97. The van der Waals surface area contributed by atoms with Gasteiger partial charge < -0.3 is 4.42 Å². The van der Waals surface area contributed by atoms with Crippen LogP contribution in [0, 0.1) is 10.8 Å². The fourth-order valence-corrected chi connectivity index (χ4v) is 0.674. The van der Waals surface area contributed by atoms with E-state index >= 15 is 0 Å². The molecule has 0 bridgehead atoms. The summed E-state index contributed by atoms with van der Waals surface area (Å²) in [7, 11) is 0. The van der Waals surface area contributed by atoms with E-state index in [1.54, 1.807) is 18.4 Å². The Balaban J connectivity index is 2.61. The molecule has 0 spiro atoms. The van der Waals surface area contributed by atoms with E-state index in [0.717, 1.165) is 5.76 Å². The molecule has 0 amide bonds. The van der Waals surface area contributed by atoms with Crippen LogP contribution in [0.1, 0.15) is 5.76 Å². The number of hydrogen-bond donors (Lipinski definition) is 0. The second-order valence-corrected chi connectivity index (χ2v) is 1.98. The smallest absolute Gasteiger partial charge is 0.127 e. The number of hydrogen-bond acceptors (Lipinski definition) is 1. The molecule has 0 saturated heterocycles. The first-order chi connectivity index (χ1) is 4.93. The van der Waals surface area contributed by atoms with Crippen molar-refractivity contribution in [1.82, 2.24) is 0 Å². The van der Waals surface area contributed by atoms with Gasteiger partial charge in [-0.05, 0) is 29.1 Å². The quantitative estimate of drug-likeness (QED) is 0.630. The normalized spacial score (nSPS) is 9.30. The van der Waals surface area contributed by atoms with Gasteiger partial charge in [-0.1, -0.05) is 5.92 Å². The maximum atomic E-state index is 5.01. The molecule has 1 aromatic rings. The lowest BCUT2D eigenvalue weighted by molar-refractivity contribution is 0.557. The van der Waals surface area contributed by atoms with Gasteiger partial charge >= 0.3 is 0 Å². The molecule has 0 aliphatic rings. The Morgan fingerprint density at radius 1 is 1.60 bits per heavy atom. The first-order valence-corrected chi connectivity index (χ1v) is 3.54. The first-order valence-electron chi connectivity index (χ1n) is 2.74. The molecular formula is C8H5BrO. The maximum Gasteiger partial charge on any atom is 0.127 e. The predicted octanol–water partition coefficient (Wildman–Crippen LogP) is 2.65. The Morgan fingerprint density at radius 2 is 2.50 bits per heavy atom. The SMILES string of the molecule is BrC#C/C=C/c1ccco1. The summed E-state index contributed by atoms with van der Waals surface area (Å²) in [5.41, 5.74) is 0. The van der Waals surface area contributed by atoms with E-state index in [0.29, 0.717) is 0 Å². The minimum atomic E-state index is 0.815. The summed E-state index contributed by atoms with van der Waals surface area (Å²) >= 11 is 2.97. The number of allylic oxidation sites excluding steroid dienone is 1. The summed E-state index contributed by atoms with van der Waals surface area (Å²) in [6, 6.07) is 3.70. The standard InChI is InChI=1S/C8H5BrO/c9-6-2-1-4-8-5-3-7-10-8/h1,3-5,7H/b4-1+. The van der Waals surface area contributed by atoms with E-state index in [9.17, 15) is 0 Å². The molecule has 0 saturated carbocycles. The Labute approximate surface area is 67.9 Å². The van der Waals surface area contributed by atoms with Gasteiger partial charge in [0.05, 0.1) is 6.26 Å². The Morgan fingerprint density at radius 3 is 3.10 bits per heavy atom. The highest BCUT2D eigenvalue weighted by Crippen LogP contribution is 2.00. The number of rotatable bonds is 1. The molecule has 0 fully saturated rings. The van der Waals surface area contributed by atoms with Crippen molar-refractivity contribution < 1.29 is 4.42 Å². The topological polar surface area (TPSA) is 13.1 Å². The maximum absolute atomic E-state index is 5.01. The van der Waals surface area contributed by atoms with Gasteiger partial charge in [0.15, 0.2) is 0 Å². The van der Waals surface area contributed by atoms with Gasteiger partial charge in [0.1, 0.15) is 5.76 Å². The lowest BCUT2D eigenvalue weighted by atomic mass is 10.4. The fourth-order valence-electron chi connectivity index (χ4n) is 0.541. The lowest BCUT2D eigenvalue weighted by Crippen LogP contribution is -1.56. The van der Waals surface area contributed by atoms with Crippen LogP contribution < -0.4 is 0 Å². The van der Waals surface area contributed by atoms with Crippen LogP contribution in [-0.2, 0) is 0 Å². The Bertz CT molecular complexity index is 261. The number of halogens is 1. The van der Waals surface area contributed by atoms with E-state index in [4.69, 9.17) is 4.42 Å². The first kappa shape index (κ1) is 7.17. The van der Waals surface area contributed by atoms with E-state index < -0.39 is 0 Å². The van der Waals surface area contributed by atoms with E-state index in [1.807, 2.05) is 12.1 Å². The van der Waals surface area contributed by atoms with Crippen molar-refractivity contribution >= 4 is 22.0 Å².